The van der Waals surface area contributed by atoms with Crippen LogP contribution in [-0.4, -0.2) is 20.8 Å². The van der Waals surface area contributed by atoms with Gasteiger partial charge >= 0.3 is 0 Å². The molecule has 0 radical (unpaired) electrons. The van der Waals surface area contributed by atoms with Crippen molar-refractivity contribution in [2.75, 3.05) is 0 Å². The first kappa shape index (κ1) is 11.5. The van der Waals surface area contributed by atoms with Gasteiger partial charge in [-0.25, -0.2) is 0 Å². The van der Waals surface area contributed by atoms with Crippen molar-refractivity contribution in [1.29, 1.82) is 0 Å². The molecule has 0 aliphatic heterocycles. The van der Waals surface area contributed by atoms with Crippen molar-refractivity contribution < 1.29 is 4.79 Å². The molecule has 0 fully saturated rings. The molecular weight excluding hydrogens is 214 g/mol. The Hall–Kier alpha value is -1.97. The van der Waals surface area contributed by atoms with Gasteiger partial charge in [-0.1, -0.05) is 39.0 Å². The molecule has 0 unspecified atom stereocenters. The third kappa shape index (κ3) is 2.41. The summed E-state index contributed by atoms with van der Waals surface area (Å²) in [5.41, 5.74) is 0.819. The van der Waals surface area contributed by atoms with Crippen molar-refractivity contribution in [1.82, 2.24) is 15.0 Å². The van der Waals surface area contributed by atoms with Crippen LogP contribution >= 0.6 is 0 Å². The Kier molecular flexibility index (Phi) is 2.79. The van der Waals surface area contributed by atoms with Gasteiger partial charge in [-0.15, -0.1) is 5.10 Å². The van der Waals surface area contributed by atoms with Crippen molar-refractivity contribution in [3.8, 4) is 5.69 Å². The molecule has 88 valence electrons. The summed E-state index contributed by atoms with van der Waals surface area (Å²) < 4.78 is 0. The van der Waals surface area contributed by atoms with Crippen molar-refractivity contribution >= 4 is 5.78 Å². The van der Waals surface area contributed by atoms with E-state index in [-0.39, 0.29) is 5.78 Å². The molecule has 2 rings (SSSR count). The molecule has 0 saturated carbocycles. The molecule has 1 heterocycles. The lowest BCUT2D eigenvalue weighted by molar-refractivity contribution is 0.0852. The van der Waals surface area contributed by atoms with Crippen LogP contribution in [0.3, 0.4) is 0 Å². The minimum atomic E-state index is -0.433. The third-order valence-electron chi connectivity index (χ3n) is 2.39. The first-order chi connectivity index (χ1) is 7.98. The van der Waals surface area contributed by atoms with Gasteiger partial charge in [-0.05, 0) is 12.1 Å². The van der Waals surface area contributed by atoms with E-state index in [1.54, 1.807) is 0 Å². The maximum Gasteiger partial charge on any atom is 0.190 e. The van der Waals surface area contributed by atoms with Crippen LogP contribution in [-0.2, 0) is 0 Å². The van der Waals surface area contributed by atoms with E-state index < -0.39 is 5.41 Å². The molecule has 1 aromatic heterocycles. The predicted molar refractivity (Wildman–Crippen MR) is 65.1 cm³/mol. The molecule has 0 bridgehead atoms. The predicted octanol–water partition coefficient (Wildman–Crippen LogP) is 2.50. The number of rotatable bonds is 2. The van der Waals surface area contributed by atoms with Gasteiger partial charge in [0.25, 0.3) is 0 Å². The van der Waals surface area contributed by atoms with Crippen molar-refractivity contribution in [3.05, 3.63) is 42.2 Å². The molecule has 0 N–H and O–H groups in total. The number of carbonyl (C=O) groups excluding carboxylic acids is 1. The third-order valence-corrected chi connectivity index (χ3v) is 2.39. The molecule has 0 saturated heterocycles. The number of benzene rings is 1. The molecule has 17 heavy (non-hydrogen) atoms. The summed E-state index contributed by atoms with van der Waals surface area (Å²) in [6, 6.07) is 9.53. The lowest BCUT2D eigenvalue weighted by atomic mass is 9.89. The largest absolute Gasteiger partial charge is 0.292 e. The molecular formula is C13H15N3O. The van der Waals surface area contributed by atoms with Gasteiger partial charge in [-0.3, -0.25) is 4.79 Å². The highest BCUT2D eigenvalue weighted by Gasteiger charge is 2.25. The van der Waals surface area contributed by atoms with E-state index in [0.717, 1.165) is 5.69 Å². The SMILES string of the molecule is CC(C)(C)C(=O)c1cnn(-c2ccccc2)n1. The van der Waals surface area contributed by atoms with E-state index in [9.17, 15) is 4.79 Å². The van der Waals surface area contributed by atoms with Crippen molar-refractivity contribution in [2.45, 2.75) is 20.8 Å². The summed E-state index contributed by atoms with van der Waals surface area (Å²) in [6.45, 7) is 5.62. The number of hydrogen-bond donors (Lipinski definition) is 0. The Balaban J connectivity index is 2.32. The second-order valence-corrected chi connectivity index (χ2v) is 4.93. The van der Waals surface area contributed by atoms with Gasteiger partial charge in [-0.2, -0.15) is 9.90 Å². The monoisotopic (exact) mass is 229 g/mol. The van der Waals surface area contributed by atoms with E-state index in [1.165, 1.54) is 11.0 Å². The molecule has 0 amide bonds. The second-order valence-electron chi connectivity index (χ2n) is 4.93. The Labute approximate surface area is 100 Å². The highest BCUT2D eigenvalue weighted by molar-refractivity contribution is 5.97. The highest BCUT2D eigenvalue weighted by atomic mass is 16.1. The van der Waals surface area contributed by atoms with Crippen molar-refractivity contribution in [3.63, 3.8) is 0 Å². The fraction of sp³-hybridized carbons (Fsp3) is 0.308. The molecule has 2 aromatic rings. The lowest BCUT2D eigenvalue weighted by Gasteiger charge is -2.13. The van der Waals surface area contributed by atoms with E-state index in [0.29, 0.717) is 5.69 Å². The zero-order chi connectivity index (χ0) is 12.5. The van der Waals surface area contributed by atoms with E-state index in [4.69, 9.17) is 0 Å². The van der Waals surface area contributed by atoms with Crippen LogP contribution in [0, 0.1) is 5.41 Å². The first-order valence-electron chi connectivity index (χ1n) is 5.51. The maximum absolute atomic E-state index is 12.0. The average molecular weight is 229 g/mol. The van der Waals surface area contributed by atoms with Crippen LogP contribution in [0.1, 0.15) is 31.3 Å². The van der Waals surface area contributed by atoms with Gasteiger partial charge in [0.2, 0.25) is 0 Å². The molecule has 0 aliphatic carbocycles. The number of carbonyl (C=O) groups is 1. The Morgan fingerprint density at radius 1 is 1.18 bits per heavy atom. The van der Waals surface area contributed by atoms with Crippen LogP contribution in [0.2, 0.25) is 0 Å². The topological polar surface area (TPSA) is 47.8 Å². The van der Waals surface area contributed by atoms with Crippen molar-refractivity contribution in [2.24, 2.45) is 5.41 Å². The number of ketones is 1. The Morgan fingerprint density at radius 3 is 2.41 bits per heavy atom. The average Bonchev–Trinajstić information content (AvgIpc) is 2.77. The van der Waals surface area contributed by atoms with Gasteiger partial charge in [0.15, 0.2) is 5.78 Å². The second kappa shape index (κ2) is 4.13. The van der Waals surface area contributed by atoms with E-state index >= 15 is 0 Å². The van der Waals surface area contributed by atoms with Gasteiger partial charge in [0.05, 0.1) is 11.9 Å². The van der Waals surface area contributed by atoms with Crippen LogP contribution in [0.5, 0.6) is 0 Å². The van der Waals surface area contributed by atoms with Gasteiger partial charge < -0.3 is 0 Å². The summed E-state index contributed by atoms with van der Waals surface area (Å²) in [5, 5.41) is 8.31. The van der Waals surface area contributed by atoms with Crippen LogP contribution in [0.4, 0.5) is 0 Å². The number of para-hydroxylation sites is 1. The zero-order valence-electron chi connectivity index (χ0n) is 10.2. The molecule has 0 spiro atoms. The summed E-state index contributed by atoms with van der Waals surface area (Å²) in [6.07, 6.45) is 1.51. The minimum absolute atomic E-state index is 0.000295. The van der Waals surface area contributed by atoms with Crippen LogP contribution in [0.25, 0.3) is 5.69 Å². The fourth-order valence-electron chi connectivity index (χ4n) is 1.44. The van der Waals surface area contributed by atoms with E-state index in [2.05, 4.69) is 10.2 Å². The lowest BCUT2D eigenvalue weighted by Crippen LogP contribution is -2.20. The molecule has 4 heteroatoms. The molecule has 0 atom stereocenters. The number of hydrogen-bond acceptors (Lipinski definition) is 3. The normalized spacial score (nSPS) is 11.5. The van der Waals surface area contributed by atoms with Crippen LogP contribution < -0.4 is 0 Å². The smallest absolute Gasteiger partial charge is 0.190 e. The quantitative estimate of drug-likeness (QED) is 0.743. The summed E-state index contributed by atoms with van der Waals surface area (Å²) >= 11 is 0. The van der Waals surface area contributed by atoms with Gasteiger partial charge in [0, 0.05) is 5.41 Å². The highest BCUT2D eigenvalue weighted by Crippen LogP contribution is 2.19. The summed E-state index contributed by atoms with van der Waals surface area (Å²) in [4.78, 5) is 13.5. The van der Waals surface area contributed by atoms with Crippen LogP contribution in [0.15, 0.2) is 36.5 Å². The summed E-state index contributed by atoms with van der Waals surface area (Å²) in [5.74, 6) is -0.000295. The Bertz CT molecular complexity index is 523. The Morgan fingerprint density at radius 2 is 1.82 bits per heavy atom. The first-order valence-corrected chi connectivity index (χ1v) is 5.51. The maximum atomic E-state index is 12.0. The van der Waals surface area contributed by atoms with E-state index in [1.807, 2.05) is 51.1 Å². The number of Topliss-reactive ketones (excluding diaryl/α,β-unsaturated/α-hetero) is 1. The zero-order valence-corrected chi connectivity index (χ0v) is 10.2. The number of nitrogens with zero attached hydrogens (tertiary/aromatic N) is 3. The minimum Gasteiger partial charge on any atom is -0.292 e. The van der Waals surface area contributed by atoms with Gasteiger partial charge in [0.1, 0.15) is 5.69 Å². The summed E-state index contributed by atoms with van der Waals surface area (Å²) in [7, 11) is 0. The standard InChI is InChI=1S/C13H15N3O/c1-13(2,3)12(17)11-9-14-16(15-11)10-7-5-4-6-8-10/h4-9H,1-3H3. The molecule has 0 aliphatic rings. The fourth-order valence-corrected chi connectivity index (χ4v) is 1.44. The molecule has 4 nitrogen and oxygen atoms in total. The molecule has 1 aromatic carbocycles. The number of aromatic nitrogens is 3.